The van der Waals surface area contributed by atoms with Gasteiger partial charge in [-0.1, -0.05) is 47.5 Å². The molecular formula is C23H15Cl2N3O5. The number of amides is 2. The number of halogens is 2. The Bertz CT molecular complexity index is 1270. The van der Waals surface area contributed by atoms with E-state index in [4.69, 9.17) is 28.0 Å². The second-order valence-electron chi connectivity index (χ2n) is 7.61. The molecule has 5 rings (SSSR count). The normalized spacial score (nSPS) is 22.1. The molecule has 3 aromatic rings. The highest BCUT2D eigenvalue weighted by Gasteiger charge is 2.60. The van der Waals surface area contributed by atoms with Gasteiger partial charge < -0.3 is 0 Å². The summed E-state index contributed by atoms with van der Waals surface area (Å²) in [6.07, 6.45) is -1.09. The average molecular weight is 484 g/mol. The van der Waals surface area contributed by atoms with Crippen molar-refractivity contribution in [2.75, 3.05) is 9.96 Å². The summed E-state index contributed by atoms with van der Waals surface area (Å²) < 4.78 is 0. The van der Waals surface area contributed by atoms with E-state index in [1.807, 2.05) is 6.07 Å². The van der Waals surface area contributed by atoms with Gasteiger partial charge in [-0.2, -0.15) is 0 Å². The van der Waals surface area contributed by atoms with Crippen LogP contribution in [0.5, 0.6) is 0 Å². The van der Waals surface area contributed by atoms with E-state index in [9.17, 15) is 19.7 Å². The maximum Gasteiger partial charge on any atom is 0.288 e. The maximum atomic E-state index is 13.5. The van der Waals surface area contributed by atoms with Gasteiger partial charge in [-0.15, -0.1) is 0 Å². The molecular weight excluding hydrogens is 469 g/mol. The van der Waals surface area contributed by atoms with Crippen molar-refractivity contribution in [2.45, 2.75) is 12.1 Å². The molecule has 0 bridgehead atoms. The molecule has 3 aromatic carbocycles. The standard InChI is InChI=1S/C23H15Cl2N3O5/c24-14-7-9-15(10-8-14)26-22(29)19-20(13-6-11-17(25)18(12-13)28(31)32)27(33-21(19)23(26)30)16-4-2-1-3-5-16/h1-12,19-21H/t19-,20-,21-/m1/s1. The van der Waals surface area contributed by atoms with E-state index in [0.717, 1.165) is 4.90 Å². The number of nitro groups is 1. The quantitative estimate of drug-likeness (QED) is 0.296. The molecule has 2 aliphatic rings. The molecule has 8 nitrogen and oxygen atoms in total. The largest absolute Gasteiger partial charge is 0.288 e. The number of hydrogen-bond acceptors (Lipinski definition) is 6. The van der Waals surface area contributed by atoms with Crippen molar-refractivity contribution in [3.8, 4) is 0 Å². The number of nitro benzene ring substituents is 1. The Morgan fingerprint density at radius 1 is 0.879 bits per heavy atom. The molecule has 3 atom stereocenters. The van der Waals surface area contributed by atoms with Gasteiger partial charge in [0.15, 0.2) is 6.10 Å². The summed E-state index contributed by atoms with van der Waals surface area (Å²) in [4.78, 5) is 44.8. The lowest BCUT2D eigenvalue weighted by Crippen LogP contribution is -2.37. The topological polar surface area (TPSA) is 93.0 Å². The van der Waals surface area contributed by atoms with Gasteiger partial charge in [0.05, 0.1) is 22.3 Å². The van der Waals surface area contributed by atoms with Crippen molar-refractivity contribution >= 4 is 52.1 Å². The number of benzene rings is 3. The first-order valence-electron chi connectivity index (χ1n) is 9.95. The van der Waals surface area contributed by atoms with E-state index in [2.05, 4.69) is 0 Å². The minimum atomic E-state index is -1.09. The fourth-order valence-electron chi connectivity index (χ4n) is 4.25. The number of carbonyl (C=O) groups is 2. The van der Waals surface area contributed by atoms with Gasteiger partial charge in [-0.25, -0.2) is 9.96 Å². The summed E-state index contributed by atoms with van der Waals surface area (Å²) in [5, 5.41) is 13.4. The molecule has 0 aromatic heterocycles. The Kier molecular flexibility index (Phi) is 5.28. The second kappa shape index (κ2) is 8.15. The van der Waals surface area contributed by atoms with E-state index in [1.54, 1.807) is 54.6 Å². The van der Waals surface area contributed by atoms with Crippen LogP contribution in [0.3, 0.4) is 0 Å². The SMILES string of the molecule is O=C1[C@@H]2[C@@H](c3ccc(Cl)c([N+](=O)[O-])c3)N(c3ccccc3)O[C@H]2C(=O)N1c1ccc(Cl)cc1. The Balaban J connectivity index is 1.61. The highest BCUT2D eigenvalue weighted by atomic mass is 35.5. The number of hydrogen-bond donors (Lipinski definition) is 0. The van der Waals surface area contributed by atoms with E-state index >= 15 is 0 Å². The number of anilines is 2. The first-order valence-corrected chi connectivity index (χ1v) is 10.7. The average Bonchev–Trinajstić information content (AvgIpc) is 3.31. The van der Waals surface area contributed by atoms with Crippen LogP contribution in [0.4, 0.5) is 17.1 Å². The summed E-state index contributed by atoms with van der Waals surface area (Å²) in [5.74, 6) is -1.90. The predicted molar refractivity (Wildman–Crippen MR) is 122 cm³/mol. The molecule has 0 radical (unpaired) electrons. The van der Waals surface area contributed by atoms with Gasteiger partial charge in [0.2, 0.25) is 5.91 Å². The molecule has 0 N–H and O–H groups in total. The van der Waals surface area contributed by atoms with Crippen LogP contribution in [-0.2, 0) is 14.4 Å². The zero-order chi connectivity index (χ0) is 23.3. The van der Waals surface area contributed by atoms with E-state index in [0.29, 0.717) is 22.0 Å². The van der Waals surface area contributed by atoms with E-state index < -0.39 is 34.8 Å². The Hall–Kier alpha value is -3.46. The molecule has 2 heterocycles. The molecule has 2 aliphatic heterocycles. The number of rotatable bonds is 4. The van der Waals surface area contributed by atoms with Crippen molar-refractivity contribution in [3.63, 3.8) is 0 Å². The van der Waals surface area contributed by atoms with Crippen LogP contribution in [0.15, 0.2) is 72.8 Å². The molecule has 2 amide bonds. The predicted octanol–water partition coefficient (Wildman–Crippen LogP) is 4.95. The van der Waals surface area contributed by atoms with Gasteiger partial charge in [0, 0.05) is 11.1 Å². The second-order valence-corrected chi connectivity index (χ2v) is 8.46. The lowest BCUT2D eigenvalue weighted by atomic mass is 9.90. The van der Waals surface area contributed by atoms with Gasteiger partial charge in [0.25, 0.3) is 11.6 Å². The summed E-state index contributed by atoms with van der Waals surface area (Å²) in [7, 11) is 0. The molecule has 0 aliphatic carbocycles. The third-order valence-electron chi connectivity index (χ3n) is 5.72. The fourth-order valence-corrected chi connectivity index (χ4v) is 4.56. The van der Waals surface area contributed by atoms with E-state index in [-0.39, 0.29) is 10.7 Å². The summed E-state index contributed by atoms with van der Waals surface area (Å²) in [5.41, 5.74) is 1.12. The van der Waals surface area contributed by atoms with Crippen LogP contribution in [-0.4, -0.2) is 22.8 Å². The van der Waals surface area contributed by atoms with E-state index in [1.165, 1.54) is 17.2 Å². The Morgan fingerprint density at radius 2 is 1.58 bits per heavy atom. The van der Waals surface area contributed by atoms with Crippen molar-refractivity contribution < 1.29 is 19.3 Å². The number of hydroxylamine groups is 1. The summed E-state index contributed by atoms with van der Waals surface area (Å²) in [6, 6.07) is 18.8. The highest BCUT2D eigenvalue weighted by Crippen LogP contribution is 2.48. The third kappa shape index (κ3) is 3.52. The molecule has 166 valence electrons. The molecule has 0 spiro atoms. The van der Waals surface area contributed by atoms with Gasteiger partial charge >= 0.3 is 0 Å². The first kappa shape index (κ1) is 21.4. The Morgan fingerprint density at radius 3 is 2.24 bits per heavy atom. The minimum Gasteiger partial charge on any atom is -0.273 e. The van der Waals surface area contributed by atoms with Crippen LogP contribution < -0.4 is 9.96 Å². The van der Waals surface area contributed by atoms with Crippen molar-refractivity contribution in [2.24, 2.45) is 5.92 Å². The van der Waals surface area contributed by atoms with Gasteiger partial charge in [-0.05, 0) is 48.0 Å². The van der Waals surface area contributed by atoms with Crippen molar-refractivity contribution in [3.05, 3.63) is 98.5 Å². The first-order chi connectivity index (χ1) is 15.9. The van der Waals surface area contributed by atoms with Crippen molar-refractivity contribution in [1.82, 2.24) is 0 Å². The van der Waals surface area contributed by atoms with Gasteiger partial charge in [-0.3, -0.25) is 24.5 Å². The lowest BCUT2D eigenvalue weighted by Gasteiger charge is -2.28. The molecule has 10 heteroatoms. The number of nitrogens with zero attached hydrogens (tertiary/aromatic N) is 3. The number of carbonyl (C=O) groups excluding carboxylic acids is 2. The zero-order valence-electron chi connectivity index (χ0n) is 16.8. The maximum absolute atomic E-state index is 13.5. The molecule has 2 fully saturated rings. The van der Waals surface area contributed by atoms with Gasteiger partial charge in [0.1, 0.15) is 10.9 Å². The fraction of sp³-hybridized carbons (Fsp3) is 0.130. The molecule has 0 saturated carbocycles. The van der Waals surface area contributed by atoms with Crippen LogP contribution in [0, 0.1) is 16.0 Å². The lowest BCUT2D eigenvalue weighted by molar-refractivity contribution is -0.384. The number of para-hydroxylation sites is 1. The van der Waals surface area contributed by atoms with Crippen LogP contribution >= 0.6 is 23.2 Å². The summed E-state index contributed by atoms with van der Waals surface area (Å²) in [6.45, 7) is 0. The molecule has 33 heavy (non-hydrogen) atoms. The van der Waals surface area contributed by atoms with Crippen LogP contribution in [0.25, 0.3) is 0 Å². The highest BCUT2D eigenvalue weighted by molar-refractivity contribution is 6.32. The zero-order valence-corrected chi connectivity index (χ0v) is 18.3. The molecule has 2 saturated heterocycles. The molecule has 0 unspecified atom stereocenters. The third-order valence-corrected chi connectivity index (χ3v) is 6.29. The van der Waals surface area contributed by atoms with Crippen molar-refractivity contribution in [1.29, 1.82) is 0 Å². The monoisotopic (exact) mass is 483 g/mol. The minimum absolute atomic E-state index is 0.0258. The number of imide groups is 1. The summed E-state index contributed by atoms with van der Waals surface area (Å²) >= 11 is 11.9. The van der Waals surface area contributed by atoms with Crippen LogP contribution in [0.2, 0.25) is 10.0 Å². The number of fused-ring (bicyclic) bond motifs is 1. The smallest absolute Gasteiger partial charge is 0.273 e. The Labute approximate surface area is 198 Å². The van der Waals surface area contributed by atoms with Crippen LogP contribution in [0.1, 0.15) is 11.6 Å².